The van der Waals surface area contributed by atoms with Gasteiger partial charge in [0.1, 0.15) is 11.4 Å². The van der Waals surface area contributed by atoms with E-state index in [4.69, 9.17) is 0 Å². The van der Waals surface area contributed by atoms with Crippen LogP contribution in [0.25, 0.3) is 0 Å². The lowest BCUT2D eigenvalue weighted by molar-refractivity contribution is -0.291. The smallest absolute Gasteiger partial charge is 0.206 e. The fourth-order valence-corrected chi connectivity index (χ4v) is 5.52. The third-order valence-electron chi connectivity index (χ3n) is 5.15. The van der Waals surface area contributed by atoms with Gasteiger partial charge in [0.2, 0.25) is 0 Å². The maximum atomic E-state index is 14.5. The minimum absolute atomic E-state index is 0.0381. The molecule has 0 bridgehead atoms. The Hall–Kier alpha value is -0.910. The van der Waals surface area contributed by atoms with Gasteiger partial charge in [-0.15, -0.1) is 0 Å². The van der Waals surface area contributed by atoms with Crippen molar-refractivity contribution in [3.8, 4) is 0 Å². The largest absolute Gasteiger partial charge is 0.458 e. The summed E-state index contributed by atoms with van der Waals surface area (Å²) in [7, 11) is -1.59. The highest BCUT2D eigenvalue weighted by molar-refractivity contribution is 7.64. The van der Waals surface area contributed by atoms with E-state index < -0.39 is 48.3 Å². The second-order valence-corrected chi connectivity index (χ2v) is 9.82. The lowest BCUT2D eigenvalue weighted by atomic mass is 9.92. The highest BCUT2D eigenvalue weighted by Crippen LogP contribution is 2.47. The van der Waals surface area contributed by atoms with Crippen molar-refractivity contribution in [3.05, 3.63) is 29.1 Å². The first-order valence-electron chi connectivity index (χ1n) is 9.61. The lowest BCUT2D eigenvalue weighted by Crippen LogP contribution is -2.37. The normalized spacial score (nSPS) is 16.0. The maximum absolute atomic E-state index is 14.5. The van der Waals surface area contributed by atoms with Crippen molar-refractivity contribution < 1.29 is 35.1 Å². The fraction of sp³-hybridized carbons (Fsp3) is 0.700. The highest BCUT2D eigenvalue weighted by atomic mass is 31.1. The van der Waals surface area contributed by atoms with E-state index in [9.17, 15) is 35.1 Å². The van der Waals surface area contributed by atoms with Crippen molar-refractivity contribution in [1.82, 2.24) is 0 Å². The molecule has 0 fully saturated rings. The van der Waals surface area contributed by atoms with Gasteiger partial charge in [-0.05, 0) is 30.7 Å². The molecule has 168 valence electrons. The second kappa shape index (κ2) is 10.4. The first-order chi connectivity index (χ1) is 13.3. The van der Waals surface area contributed by atoms with Crippen molar-refractivity contribution in [3.63, 3.8) is 0 Å². The standard InChI is InChI=1S/C20H27F8P/c1-5-7-13(6-2)9-8-12(3)11-29(4)15-10-14(21)17(22)16(18(15)23)19(24,25)20(26,27)28/h10,12-13H,5-9,11H2,1-4H3. The number of halogens is 8. The number of hydrogen-bond donors (Lipinski definition) is 0. The zero-order valence-electron chi connectivity index (χ0n) is 16.9. The molecule has 0 amide bonds. The second-order valence-electron chi connectivity index (χ2n) is 7.58. The molecule has 0 aliphatic carbocycles. The molecule has 0 heterocycles. The van der Waals surface area contributed by atoms with Crippen LogP contribution < -0.4 is 5.30 Å². The van der Waals surface area contributed by atoms with Crippen LogP contribution in [0.2, 0.25) is 0 Å². The van der Waals surface area contributed by atoms with Crippen molar-refractivity contribution in [2.24, 2.45) is 11.8 Å². The SMILES string of the molecule is CCCC(CC)CCC(C)CP(C)c1cc(F)c(F)c(C(F)(F)C(F)(F)F)c1F. The van der Waals surface area contributed by atoms with Crippen LogP contribution in [-0.4, -0.2) is 19.0 Å². The van der Waals surface area contributed by atoms with Crippen molar-refractivity contribution >= 4 is 13.2 Å². The van der Waals surface area contributed by atoms with Crippen molar-refractivity contribution in [1.29, 1.82) is 0 Å². The van der Waals surface area contributed by atoms with Crippen LogP contribution in [0.3, 0.4) is 0 Å². The summed E-state index contributed by atoms with van der Waals surface area (Å²) in [5.41, 5.74) is -2.56. The topological polar surface area (TPSA) is 0 Å². The Kier molecular flexibility index (Phi) is 9.38. The molecule has 0 nitrogen and oxygen atoms in total. The fourth-order valence-electron chi connectivity index (χ4n) is 3.42. The van der Waals surface area contributed by atoms with Gasteiger partial charge in [-0.2, -0.15) is 22.0 Å². The minimum atomic E-state index is -6.24. The molecule has 3 unspecified atom stereocenters. The van der Waals surface area contributed by atoms with Crippen LogP contribution in [0.1, 0.15) is 58.4 Å². The summed E-state index contributed by atoms with van der Waals surface area (Å²) >= 11 is 0. The molecule has 0 aliphatic rings. The van der Waals surface area contributed by atoms with Crippen LogP contribution in [-0.2, 0) is 5.92 Å². The van der Waals surface area contributed by atoms with Gasteiger partial charge in [0.05, 0.1) is 0 Å². The first kappa shape index (κ1) is 26.1. The molecule has 0 saturated heterocycles. The third-order valence-corrected chi connectivity index (χ3v) is 7.46. The van der Waals surface area contributed by atoms with Gasteiger partial charge in [-0.3, -0.25) is 0 Å². The highest BCUT2D eigenvalue weighted by Gasteiger charge is 2.62. The Morgan fingerprint density at radius 3 is 2.00 bits per heavy atom. The van der Waals surface area contributed by atoms with Crippen LogP contribution in [0.4, 0.5) is 35.1 Å². The van der Waals surface area contributed by atoms with E-state index in [0.717, 1.165) is 32.1 Å². The van der Waals surface area contributed by atoms with Gasteiger partial charge in [-0.1, -0.05) is 60.8 Å². The number of benzene rings is 1. The van der Waals surface area contributed by atoms with Gasteiger partial charge >= 0.3 is 12.1 Å². The molecule has 0 aromatic heterocycles. The van der Waals surface area contributed by atoms with E-state index >= 15 is 0 Å². The summed E-state index contributed by atoms with van der Waals surface area (Å²) in [5.74, 6) is -11.7. The Labute approximate surface area is 167 Å². The quantitative estimate of drug-likeness (QED) is 0.194. The summed E-state index contributed by atoms with van der Waals surface area (Å²) in [6.07, 6.45) is -1.10. The molecule has 0 N–H and O–H groups in total. The van der Waals surface area contributed by atoms with Gasteiger partial charge in [0, 0.05) is 5.30 Å². The molecular formula is C20H27F8P. The van der Waals surface area contributed by atoms with Crippen LogP contribution in [0, 0.1) is 29.3 Å². The number of hydrogen-bond acceptors (Lipinski definition) is 0. The average molecular weight is 450 g/mol. The van der Waals surface area contributed by atoms with Crippen molar-refractivity contribution in [2.45, 2.75) is 65.0 Å². The Morgan fingerprint density at radius 2 is 1.52 bits per heavy atom. The molecular weight excluding hydrogens is 423 g/mol. The van der Waals surface area contributed by atoms with E-state index in [-0.39, 0.29) is 5.92 Å². The van der Waals surface area contributed by atoms with Crippen LogP contribution in [0.15, 0.2) is 6.07 Å². The Bertz CT molecular complexity index is 671. The maximum Gasteiger partial charge on any atom is 0.458 e. The van der Waals surface area contributed by atoms with E-state index in [1.165, 1.54) is 6.66 Å². The van der Waals surface area contributed by atoms with E-state index in [2.05, 4.69) is 13.8 Å². The predicted octanol–water partition coefficient (Wildman–Crippen LogP) is 7.74. The van der Waals surface area contributed by atoms with E-state index in [1.54, 1.807) is 0 Å². The van der Waals surface area contributed by atoms with Gasteiger partial charge in [0.25, 0.3) is 0 Å². The third kappa shape index (κ3) is 6.28. The van der Waals surface area contributed by atoms with Crippen LogP contribution >= 0.6 is 7.92 Å². The zero-order valence-corrected chi connectivity index (χ0v) is 17.8. The molecule has 0 radical (unpaired) electrons. The molecule has 29 heavy (non-hydrogen) atoms. The monoisotopic (exact) mass is 450 g/mol. The van der Waals surface area contributed by atoms with Gasteiger partial charge in [0.15, 0.2) is 11.6 Å². The summed E-state index contributed by atoms with van der Waals surface area (Å²) in [6.45, 7) is 7.51. The number of alkyl halides is 5. The molecule has 0 saturated carbocycles. The summed E-state index contributed by atoms with van der Waals surface area (Å²) in [4.78, 5) is 0. The molecule has 1 aromatic carbocycles. The van der Waals surface area contributed by atoms with Crippen molar-refractivity contribution in [2.75, 3.05) is 12.8 Å². The first-order valence-corrected chi connectivity index (χ1v) is 11.6. The van der Waals surface area contributed by atoms with Crippen LogP contribution in [0.5, 0.6) is 0 Å². The number of rotatable bonds is 10. The van der Waals surface area contributed by atoms with Gasteiger partial charge in [-0.25, -0.2) is 13.2 Å². The zero-order chi connectivity index (χ0) is 22.6. The Morgan fingerprint density at radius 1 is 0.931 bits per heavy atom. The lowest BCUT2D eigenvalue weighted by Gasteiger charge is -2.25. The molecule has 1 rings (SSSR count). The van der Waals surface area contributed by atoms with Gasteiger partial charge < -0.3 is 0 Å². The molecule has 0 aliphatic heterocycles. The molecule has 0 spiro atoms. The average Bonchev–Trinajstić information content (AvgIpc) is 2.60. The van der Waals surface area contributed by atoms with E-state index in [0.29, 0.717) is 18.1 Å². The summed E-state index contributed by atoms with van der Waals surface area (Å²) in [5, 5.41) is -0.606. The predicted molar refractivity (Wildman–Crippen MR) is 101 cm³/mol. The molecule has 3 atom stereocenters. The Balaban J connectivity index is 3.10. The van der Waals surface area contributed by atoms with E-state index in [1.807, 2.05) is 6.92 Å². The summed E-state index contributed by atoms with van der Waals surface area (Å²) in [6, 6.07) is 0.408. The molecule has 9 heteroatoms. The summed E-state index contributed by atoms with van der Waals surface area (Å²) < 4.78 is 107. The minimum Gasteiger partial charge on any atom is -0.206 e. The molecule has 1 aromatic rings.